The van der Waals surface area contributed by atoms with E-state index in [9.17, 15) is 28.4 Å². The maximum absolute atomic E-state index is 14.4. The minimum atomic E-state index is -1.05. The van der Waals surface area contributed by atoms with Crippen molar-refractivity contribution in [1.29, 1.82) is 0 Å². The van der Waals surface area contributed by atoms with Crippen molar-refractivity contribution in [2.24, 2.45) is 0 Å². The number of allylic oxidation sites excluding steroid dienone is 2. The van der Waals surface area contributed by atoms with Gasteiger partial charge in [0.15, 0.2) is 16.6 Å². The number of amides is 3. The fraction of sp³-hybridized carbons (Fsp3) is 0.481. The summed E-state index contributed by atoms with van der Waals surface area (Å²) >= 11 is 1.16. The monoisotopic (exact) mass is 562 g/mol. The molecular weight excluding hydrogens is 527 g/mol. The first kappa shape index (κ1) is 31.7. The predicted molar refractivity (Wildman–Crippen MR) is 145 cm³/mol. The largest absolute Gasteiger partial charge is 0.456 e. The number of ether oxygens (including phenoxy) is 1. The summed E-state index contributed by atoms with van der Waals surface area (Å²) in [5.41, 5.74) is -0.501. The van der Waals surface area contributed by atoms with Crippen molar-refractivity contribution in [3.63, 3.8) is 0 Å². The molecule has 1 aliphatic heterocycles. The third kappa shape index (κ3) is 11.0. The number of cyclic esters (lactones) is 1. The highest BCUT2D eigenvalue weighted by Crippen LogP contribution is 2.13. The minimum absolute atomic E-state index is 0.0150. The molecule has 1 aromatic rings. The van der Waals surface area contributed by atoms with Crippen LogP contribution in [-0.2, 0) is 30.5 Å². The molecule has 10 nitrogen and oxygen atoms in total. The smallest absolute Gasteiger partial charge is 0.329 e. The summed E-state index contributed by atoms with van der Waals surface area (Å²) in [4.78, 5) is 66.7. The van der Waals surface area contributed by atoms with E-state index >= 15 is 0 Å². The molecule has 0 saturated carbocycles. The predicted octanol–water partition coefficient (Wildman–Crippen LogP) is 3.08. The molecule has 3 N–H and O–H groups in total. The molecule has 1 aliphatic rings. The molecule has 2 rings (SSSR count). The molecule has 3 amide bonds. The standard InChI is InChI=1S/C27H35FN4O6S/c1-4-6-7-11-22-27(37)38-19(10-8-9-14-39-17(3)33)15-23(34)29-16-18-12-13-20(28)24(30-18)26(36)31-21(5-2)25(35)32-22/h5,8,10,12-13,19,22H,4,6-7,9,11,14-16H2,1-3H3,(H,29,34)(H,31,36)(H,32,35)/b10-8+,21-5-/t19-,22+/m1/s1. The van der Waals surface area contributed by atoms with E-state index in [4.69, 9.17) is 4.74 Å². The molecular formula is C27H35FN4O6S. The highest BCUT2D eigenvalue weighted by molar-refractivity contribution is 8.13. The van der Waals surface area contributed by atoms with Crippen LogP contribution in [0.3, 0.4) is 0 Å². The second-order valence-electron chi connectivity index (χ2n) is 8.82. The van der Waals surface area contributed by atoms with Crippen molar-refractivity contribution in [2.45, 2.75) is 78.0 Å². The van der Waals surface area contributed by atoms with Crippen LogP contribution in [0.25, 0.3) is 0 Å². The van der Waals surface area contributed by atoms with Gasteiger partial charge in [-0.2, -0.15) is 0 Å². The summed E-state index contributed by atoms with van der Waals surface area (Å²) in [7, 11) is 0. The Morgan fingerprint density at radius 1 is 1.21 bits per heavy atom. The molecule has 212 valence electrons. The van der Waals surface area contributed by atoms with Gasteiger partial charge in [-0.25, -0.2) is 14.2 Å². The molecule has 2 heterocycles. The van der Waals surface area contributed by atoms with E-state index in [1.807, 2.05) is 6.92 Å². The van der Waals surface area contributed by atoms with Crippen molar-refractivity contribution in [3.8, 4) is 0 Å². The van der Waals surface area contributed by atoms with E-state index in [0.717, 1.165) is 30.7 Å². The molecule has 0 aromatic carbocycles. The van der Waals surface area contributed by atoms with Crippen LogP contribution in [0.5, 0.6) is 0 Å². The number of nitrogens with zero attached hydrogens (tertiary/aromatic N) is 1. The second-order valence-corrected chi connectivity index (χ2v) is 10.1. The number of unbranched alkanes of at least 4 members (excludes halogenated alkanes) is 2. The number of hydrogen-bond acceptors (Lipinski definition) is 8. The number of fused-ring (bicyclic) bond motifs is 2. The topological polar surface area (TPSA) is 144 Å². The van der Waals surface area contributed by atoms with Crippen LogP contribution in [0.15, 0.2) is 36.1 Å². The minimum Gasteiger partial charge on any atom is -0.456 e. The highest BCUT2D eigenvalue weighted by atomic mass is 32.2. The lowest BCUT2D eigenvalue weighted by atomic mass is 10.1. The fourth-order valence-corrected chi connectivity index (χ4v) is 4.15. The van der Waals surface area contributed by atoms with Gasteiger partial charge in [-0.15, -0.1) is 0 Å². The molecule has 0 aliphatic carbocycles. The van der Waals surface area contributed by atoms with E-state index < -0.39 is 47.3 Å². The van der Waals surface area contributed by atoms with E-state index in [2.05, 4.69) is 20.9 Å². The fourth-order valence-electron chi connectivity index (χ4n) is 3.61. The van der Waals surface area contributed by atoms with Crippen LogP contribution >= 0.6 is 11.8 Å². The molecule has 0 spiro atoms. The van der Waals surface area contributed by atoms with Gasteiger partial charge in [0.2, 0.25) is 5.91 Å². The number of esters is 1. The van der Waals surface area contributed by atoms with Gasteiger partial charge >= 0.3 is 5.97 Å². The van der Waals surface area contributed by atoms with Gasteiger partial charge in [0.05, 0.1) is 18.7 Å². The van der Waals surface area contributed by atoms with Crippen molar-refractivity contribution in [3.05, 3.63) is 53.3 Å². The molecule has 0 radical (unpaired) electrons. The number of hydrogen-bond donors (Lipinski definition) is 3. The van der Waals surface area contributed by atoms with Crippen LogP contribution < -0.4 is 16.0 Å². The Morgan fingerprint density at radius 2 is 1.97 bits per heavy atom. The van der Waals surface area contributed by atoms with Gasteiger partial charge in [-0.05, 0) is 38.0 Å². The summed E-state index contributed by atoms with van der Waals surface area (Å²) < 4.78 is 20.0. The van der Waals surface area contributed by atoms with Crippen LogP contribution in [0.4, 0.5) is 4.39 Å². The second kappa shape index (κ2) is 16.4. The molecule has 39 heavy (non-hydrogen) atoms. The van der Waals surface area contributed by atoms with Gasteiger partial charge in [0.1, 0.15) is 17.8 Å². The zero-order valence-electron chi connectivity index (χ0n) is 22.4. The van der Waals surface area contributed by atoms with Crippen molar-refractivity contribution >= 4 is 40.6 Å². The number of halogens is 1. The zero-order valence-corrected chi connectivity index (χ0v) is 23.2. The summed E-state index contributed by atoms with van der Waals surface area (Å²) in [5, 5.41) is 7.57. The van der Waals surface area contributed by atoms with Gasteiger partial charge in [-0.1, -0.05) is 50.1 Å². The lowest BCUT2D eigenvalue weighted by molar-refractivity contribution is -0.152. The van der Waals surface area contributed by atoms with Crippen LogP contribution in [0, 0.1) is 5.82 Å². The molecule has 2 bridgehead atoms. The van der Waals surface area contributed by atoms with E-state index in [1.54, 1.807) is 12.2 Å². The first-order valence-corrected chi connectivity index (χ1v) is 13.8. The summed E-state index contributed by atoms with van der Waals surface area (Å²) in [6.07, 6.45) is 6.60. The average molecular weight is 563 g/mol. The van der Waals surface area contributed by atoms with Gasteiger partial charge < -0.3 is 20.7 Å². The lowest BCUT2D eigenvalue weighted by Crippen LogP contribution is -2.46. The SMILES string of the molecule is C/C=C1\NC(=O)c2nc(ccc2F)CNC(=O)C[C@@H](/C=C/CCSC(C)=O)OC(=O)[C@H](CCCCC)NC1=O. The zero-order chi connectivity index (χ0) is 28.8. The van der Waals surface area contributed by atoms with Crippen molar-refractivity contribution < 1.29 is 33.1 Å². The maximum atomic E-state index is 14.4. The number of thioether (sulfide) groups is 1. The molecule has 0 fully saturated rings. The quantitative estimate of drug-likeness (QED) is 0.190. The first-order chi connectivity index (χ1) is 18.6. The number of aromatic nitrogens is 1. The summed E-state index contributed by atoms with van der Waals surface area (Å²) in [6, 6.07) is 1.33. The van der Waals surface area contributed by atoms with Gasteiger partial charge in [0, 0.05) is 12.7 Å². The maximum Gasteiger partial charge on any atom is 0.329 e. The van der Waals surface area contributed by atoms with Crippen LogP contribution in [0.1, 0.15) is 75.5 Å². The average Bonchev–Trinajstić information content (AvgIpc) is 2.89. The van der Waals surface area contributed by atoms with E-state index in [1.165, 1.54) is 26.0 Å². The Morgan fingerprint density at radius 3 is 2.67 bits per heavy atom. The summed E-state index contributed by atoms with van der Waals surface area (Å²) in [5.74, 6) is -3.26. The Balaban J connectivity index is 2.37. The van der Waals surface area contributed by atoms with Crippen molar-refractivity contribution in [2.75, 3.05) is 5.75 Å². The van der Waals surface area contributed by atoms with Crippen LogP contribution in [0.2, 0.25) is 0 Å². The lowest BCUT2D eigenvalue weighted by Gasteiger charge is -2.22. The Hall–Kier alpha value is -3.54. The van der Waals surface area contributed by atoms with E-state index in [0.29, 0.717) is 18.6 Å². The van der Waals surface area contributed by atoms with Crippen LogP contribution in [-0.4, -0.2) is 51.7 Å². The first-order valence-electron chi connectivity index (χ1n) is 12.9. The Kier molecular flexibility index (Phi) is 13.3. The van der Waals surface area contributed by atoms with Crippen molar-refractivity contribution in [1.82, 2.24) is 20.9 Å². The van der Waals surface area contributed by atoms with Gasteiger partial charge in [0.25, 0.3) is 11.8 Å². The summed E-state index contributed by atoms with van der Waals surface area (Å²) in [6.45, 7) is 4.88. The number of carbonyl (C=O) groups excluding carboxylic acids is 5. The van der Waals surface area contributed by atoms with E-state index in [-0.39, 0.29) is 35.9 Å². The molecule has 0 saturated heterocycles. The molecule has 12 heteroatoms. The molecule has 0 unspecified atom stereocenters. The Bertz CT molecular complexity index is 1120. The molecule has 1 aromatic heterocycles. The number of rotatable bonds is 8. The highest BCUT2D eigenvalue weighted by Gasteiger charge is 2.28. The third-order valence-electron chi connectivity index (χ3n) is 5.65. The Labute approximate surface area is 231 Å². The number of pyridine rings is 1. The normalized spacial score (nSPS) is 20.4. The number of carbonyl (C=O) groups is 5. The van der Waals surface area contributed by atoms with Gasteiger partial charge in [-0.3, -0.25) is 19.2 Å². The molecule has 2 atom stereocenters. The third-order valence-corrected chi connectivity index (χ3v) is 6.49. The number of nitrogens with one attached hydrogen (secondary N) is 3.